The second-order valence-electron chi connectivity index (χ2n) is 2.96. The Morgan fingerprint density at radius 1 is 1.29 bits per heavy atom. The third-order valence-electron chi connectivity index (χ3n) is 1.55. The number of rotatable bonds is 6. The van der Waals surface area contributed by atoms with Crippen LogP contribution in [0, 0.1) is 0 Å². The lowest BCUT2D eigenvalue weighted by molar-refractivity contribution is -0.145. The van der Waals surface area contributed by atoms with E-state index in [1.807, 2.05) is 6.92 Å². The van der Waals surface area contributed by atoms with Crippen LogP contribution in [0.25, 0.3) is 0 Å². The van der Waals surface area contributed by atoms with Crippen LogP contribution < -0.4 is 5.73 Å². The van der Waals surface area contributed by atoms with Crippen LogP contribution in [0.1, 0.15) is 26.2 Å². The summed E-state index contributed by atoms with van der Waals surface area (Å²) >= 11 is 0. The molecular formula is C9H17NO4. The highest BCUT2D eigenvalue weighted by Gasteiger charge is 2.14. The van der Waals surface area contributed by atoms with Gasteiger partial charge in [-0.15, -0.1) is 0 Å². The van der Waals surface area contributed by atoms with Crippen molar-refractivity contribution in [2.24, 2.45) is 5.73 Å². The van der Waals surface area contributed by atoms with Gasteiger partial charge in [-0.1, -0.05) is 6.92 Å². The van der Waals surface area contributed by atoms with E-state index < -0.39 is 12.0 Å². The molecule has 0 heterocycles. The van der Waals surface area contributed by atoms with Crippen molar-refractivity contribution in [3.63, 3.8) is 0 Å². The molecule has 0 spiro atoms. The molecule has 0 amide bonds. The standard InChI is InChI=1S/C9H17NO4/c1-3-4-14-9(12)6-7(10)5-8(11)13-2/h7H,3-6,10H2,1-2H3/t7-/m1/s1. The predicted molar refractivity (Wildman–Crippen MR) is 50.5 cm³/mol. The van der Waals surface area contributed by atoms with Crippen LogP contribution in [-0.2, 0) is 19.1 Å². The highest BCUT2D eigenvalue weighted by Crippen LogP contribution is 1.99. The number of ether oxygens (including phenoxy) is 2. The number of hydrogen-bond acceptors (Lipinski definition) is 5. The van der Waals surface area contributed by atoms with Gasteiger partial charge in [0.2, 0.25) is 0 Å². The Balaban J connectivity index is 3.65. The molecule has 0 aliphatic heterocycles. The molecule has 2 N–H and O–H groups in total. The van der Waals surface area contributed by atoms with Gasteiger partial charge >= 0.3 is 11.9 Å². The third-order valence-corrected chi connectivity index (χ3v) is 1.55. The second-order valence-corrected chi connectivity index (χ2v) is 2.96. The van der Waals surface area contributed by atoms with E-state index in [4.69, 9.17) is 10.5 Å². The van der Waals surface area contributed by atoms with Crippen LogP contribution >= 0.6 is 0 Å². The average Bonchev–Trinajstić information content (AvgIpc) is 2.14. The largest absolute Gasteiger partial charge is 0.469 e. The van der Waals surface area contributed by atoms with Crippen LogP contribution in [0.4, 0.5) is 0 Å². The van der Waals surface area contributed by atoms with Crippen molar-refractivity contribution in [2.45, 2.75) is 32.2 Å². The molecule has 0 saturated carbocycles. The molecule has 0 saturated heterocycles. The summed E-state index contributed by atoms with van der Waals surface area (Å²) in [6.45, 7) is 2.30. The molecule has 14 heavy (non-hydrogen) atoms. The maximum Gasteiger partial charge on any atom is 0.307 e. The molecule has 0 rings (SSSR count). The number of carbonyl (C=O) groups is 2. The van der Waals surface area contributed by atoms with Gasteiger partial charge in [0.15, 0.2) is 0 Å². The summed E-state index contributed by atoms with van der Waals surface area (Å²) in [6.07, 6.45) is 0.866. The molecular weight excluding hydrogens is 186 g/mol. The van der Waals surface area contributed by atoms with Gasteiger partial charge in [0.25, 0.3) is 0 Å². The Morgan fingerprint density at radius 2 is 1.86 bits per heavy atom. The quantitative estimate of drug-likeness (QED) is 0.625. The lowest BCUT2D eigenvalue weighted by Gasteiger charge is -2.09. The van der Waals surface area contributed by atoms with E-state index in [0.717, 1.165) is 6.42 Å². The zero-order chi connectivity index (χ0) is 11.0. The fourth-order valence-electron chi connectivity index (χ4n) is 0.858. The van der Waals surface area contributed by atoms with E-state index in [0.29, 0.717) is 6.61 Å². The Hall–Kier alpha value is -1.10. The van der Waals surface area contributed by atoms with Crippen LogP contribution in [0.3, 0.4) is 0 Å². The first kappa shape index (κ1) is 12.9. The smallest absolute Gasteiger partial charge is 0.307 e. The predicted octanol–water partition coefficient (Wildman–Crippen LogP) is 0.220. The molecule has 0 aromatic rings. The summed E-state index contributed by atoms with van der Waals surface area (Å²) in [4.78, 5) is 21.8. The molecule has 82 valence electrons. The van der Waals surface area contributed by atoms with Crippen LogP contribution in [0.15, 0.2) is 0 Å². The van der Waals surface area contributed by atoms with Crippen LogP contribution in [-0.4, -0.2) is 31.7 Å². The Labute approximate surface area is 83.5 Å². The third kappa shape index (κ3) is 6.42. The molecule has 0 unspecified atom stereocenters. The van der Waals surface area contributed by atoms with Gasteiger partial charge in [0.1, 0.15) is 0 Å². The summed E-state index contributed by atoms with van der Waals surface area (Å²) in [5.74, 6) is -0.788. The topological polar surface area (TPSA) is 78.6 Å². The van der Waals surface area contributed by atoms with Gasteiger partial charge in [-0.05, 0) is 6.42 Å². The van der Waals surface area contributed by atoms with Gasteiger partial charge < -0.3 is 15.2 Å². The molecule has 0 fully saturated rings. The van der Waals surface area contributed by atoms with Crippen molar-refractivity contribution >= 4 is 11.9 Å². The first-order chi connectivity index (χ1) is 6.60. The summed E-state index contributed by atoms with van der Waals surface area (Å²) < 4.78 is 9.22. The minimum Gasteiger partial charge on any atom is -0.469 e. The van der Waals surface area contributed by atoms with Crippen molar-refractivity contribution in [3.8, 4) is 0 Å². The Kier molecular flexibility index (Phi) is 6.74. The Bertz CT molecular complexity index is 193. The molecule has 0 bridgehead atoms. The summed E-state index contributed by atoms with van der Waals surface area (Å²) in [7, 11) is 1.28. The molecule has 5 nitrogen and oxygen atoms in total. The molecule has 0 aromatic carbocycles. The summed E-state index contributed by atoms with van der Waals surface area (Å²) in [6, 6.07) is -0.521. The molecule has 5 heteroatoms. The fourth-order valence-corrected chi connectivity index (χ4v) is 0.858. The number of hydrogen-bond donors (Lipinski definition) is 1. The van der Waals surface area contributed by atoms with E-state index in [9.17, 15) is 9.59 Å². The van der Waals surface area contributed by atoms with Crippen molar-refractivity contribution in [1.29, 1.82) is 0 Å². The van der Waals surface area contributed by atoms with Gasteiger partial charge in [-0.2, -0.15) is 0 Å². The molecule has 1 atom stereocenters. The zero-order valence-corrected chi connectivity index (χ0v) is 8.62. The SMILES string of the molecule is CCCOC(=O)C[C@H](N)CC(=O)OC. The van der Waals surface area contributed by atoms with Crippen LogP contribution in [0.5, 0.6) is 0 Å². The lowest BCUT2D eigenvalue weighted by atomic mass is 10.1. The number of nitrogens with two attached hydrogens (primary N) is 1. The van der Waals surface area contributed by atoms with Gasteiger partial charge in [0, 0.05) is 6.04 Å². The summed E-state index contributed by atoms with van der Waals surface area (Å²) in [5.41, 5.74) is 5.52. The monoisotopic (exact) mass is 203 g/mol. The van der Waals surface area contributed by atoms with Crippen molar-refractivity contribution in [3.05, 3.63) is 0 Å². The Morgan fingerprint density at radius 3 is 2.36 bits per heavy atom. The lowest BCUT2D eigenvalue weighted by Crippen LogP contribution is -2.28. The first-order valence-electron chi connectivity index (χ1n) is 4.58. The number of methoxy groups -OCH3 is 1. The van der Waals surface area contributed by atoms with E-state index >= 15 is 0 Å². The van der Waals surface area contributed by atoms with Crippen molar-refractivity contribution in [1.82, 2.24) is 0 Å². The highest BCUT2D eigenvalue weighted by molar-refractivity contribution is 5.73. The van der Waals surface area contributed by atoms with Crippen molar-refractivity contribution in [2.75, 3.05) is 13.7 Å². The highest BCUT2D eigenvalue weighted by atomic mass is 16.5. The van der Waals surface area contributed by atoms with Crippen LogP contribution in [0.2, 0.25) is 0 Å². The minimum atomic E-state index is -0.521. The molecule has 0 aliphatic carbocycles. The van der Waals surface area contributed by atoms with E-state index in [1.54, 1.807) is 0 Å². The van der Waals surface area contributed by atoms with Gasteiger partial charge in [-0.25, -0.2) is 0 Å². The van der Waals surface area contributed by atoms with E-state index in [1.165, 1.54) is 7.11 Å². The van der Waals surface area contributed by atoms with E-state index in [2.05, 4.69) is 4.74 Å². The molecule has 0 aromatic heterocycles. The second kappa shape index (κ2) is 7.32. The maximum absolute atomic E-state index is 11.0. The molecule has 0 radical (unpaired) electrons. The minimum absolute atomic E-state index is 0.0394. The molecule has 0 aliphatic rings. The van der Waals surface area contributed by atoms with Gasteiger partial charge in [-0.3, -0.25) is 9.59 Å². The van der Waals surface area contributed by atoms with Crippen molar-refractivity contribution < 1.29 is 19.1 Å². The zero-order valence-electron chi connectivity index (χ0n) is 8.62. The fraction of sp³-hybridized carbons (Fsp3) is 0.778. The number of esters is 2. The average molecular weight is 203 g/mol. The normalized spacial score (nSPS) is 11.9. The van der Waals surface area contributed by atoms with Gasteiger partial charge in [0.05, 0.1) is 26.6 Å². The number of carbonyl (C=O) groups excluding carboxylic acids is 2. The summed E-state index contributed by atoms with van der Waals surface area (Å²) in [5, 5.41) is 0. The van der Waals surface area contributed by atoms with E-state index in [-0.39, 0.29) is 18.8 Å². The maximum atomic E-state index is 11.0. The first-order valence-corrected chi connectivity index (χ1v) is 4.58.